The van der Waals surface area contributed by atoms with Gasteiger partial charge >= 0.3 is 0 Å². The van der Waals surface area contributed by atoms with E-state index in [0.29, 0.717) is 12.0 Å². The highest BCUT2D eigenvalue weighted by Crippen LogP contribution is 2.16. The summed E-state index contributed by atoms with van der Waals surface area (Å²) in [6, 6.07) is 2.98. The fourth-order valence-corrected chi connectivity index (χ4v) is 1.41. The van der Waals surface area contributed by atoms with Gasteiger partial charge in [0.05, 0.1) is 18.7 Å². The standard InChI is InChI=1S/C11H11FN2O/c12-10-4-9(5-14-6-10)11(13)3-8-1-2-15-7-8/h1-2,4-7,11H,3,13H2. The summed E-state index contributed by atoms with van der Waals surface area (Å²) in [6.45, 7) is 0. The summed E-state index contributed by atoms with van der Waals surface area (Å²) in [4.78, 5) is 3.76. The van der Waals surface area contributed by atoms with Crippen molar-refractivity contribution in [2.45, 2.75) is 12.5 Å². The van der Waals surface area contributed by atoms with Crippen LogP contribution in [0.2, 0.25) is 0 Å². The molecule has 0 radical (unpaired) electrons. The first-order valence-corrected chi connectivity index (χ1v) is 4.63. The quantitative estimate of drug-likeness (QED) is 0.836. The molecule has 0 aromatic carbocycles. The third-order valence-corrected chi connectivity index (χ3v) is 2.19. The van der Waals surface area contributed by atoms with Crippen LogP contribution in [0.4, 0.5) is 4.39 Å². The summed E-state index contributed by atoms with van der Waals surface area (Å²) < 4.78 is 17.8. The molecule has 0 aliphatic rings. The summed E-state index contributed by atoms with van der Waals surface area (Å²) in [6.07, 6.45) is 6.57. The summed E-state index contributed by atoms with van der Waals surface area (Å²) in [5, 5.41) is 0. The molecule has 1 unspecified atom stereocenters. The van der Waals surface area contributed by atoms with Gasteiger partial charge in [-0.25, -0.2) is 4.39 Å². The average Bonchev–Trinajstić information content (AvgIpc) is 2.70. The Morgan fingerprint density at radius 1 is 1.47 bits per heavy atom. The second kappa shape index (κ2) is 4.23. The summed E-state index contributed by atoms with van der Waals surface area (Å²) in [5.74, 6) is -0.366. The third kappa shape index (κ3) is 2.41. The molecule has 1 atom stereocenters. The van der Waals surface area contributed by atoms with E-state index < -0.39 is 0 Å². The monoisotopic (exact) mass is 206 g/mol. The number of hydrogen-bond donors (Lipinski definition) is 1. The smallest absolute Gasteiger partial charge is 0.141 e. The Bertz CT molecular complexity index is 428. The van der Waals surface area contributed by atoms with Gasteiger partial charge in [-0.1, -0.05) is 0 Å². The van der Waals surface area contributed by atoms with Crippen LogP contribution >= 0.6 is 0 Å². The van der Waals surface area contributed by atoms with E-state index in [1.807, 2.05) is 6.07 Å². The van der Waals surface area contributed by atoms with Gasteiger partial charge in [0, 0.05) is 12.2 Å². The molecular weight excluding hydrogens is 195 g/mol. The fourth-order valence-electron chi connectivity index (χ4n) is 1.41. The lowest BCUT2D eigenvalue weighted by atomic mass is 10.0. The van der Waals surface area contributed by atoms with Gasteiger partial charge in [-0.05, 0) is 29.7 Å². The van der Waals surface area contributed by atoms with Crippen molar-refractivity contribution in [1.29, 1.82) is 0 Å². The second-order valence-corrected chi connectivity index (χ2v) is 3.38. The third-order valence-electron chi connectivity index (χ3n) is 2.19. The van der Waals surface area contributed by atoms with E-state index in [2.05, 4.69) is 4.98 Å². The molecule has 2 heterocycles. The molecule has 0 aliphatic heterocycles. The lowest BCUT2D eigenvalue weighted by molar-refractivity contribution is 0.560. The van der Waals surface area contributed by atoms with Gasteiger partial charge in [0.15, 0.2) is 0 Å². The van der Waals surface area contributed by atoms with Crippen LogP contribution in [0.1, 0.15) is 17.2 Å². The number of furan rings is 1. The van der Waals surface area contributed by atoms with Gasteiger partial charge in [-0.2, -0.15) is 0 Å². The maximum atomic E-state index is 12.9. The van der Waals surface area contributed by atoms with E-state index in [1.54, 1.807) is 18.7 Å². The molecule has 0 amide bonds. The van der Waals surface area contributed by atoms with Crippen LogP contribution in [0.5, 0.6) is 0 Å². The molecule has 0 bridgehead atoms. The predicted molar refractivity (Wildman–Crippen MR) is 53.5 cm³/mol. The van der Waals surface area contributed by atoms with Crippen LogP contribution in [-0.2, 0) is 6.42 Å². The Morgan fingerprint density at radius 2 is 2.33 bits per heavy atom. The molecule has 2 rings (SSSR count). The number of nitrogens with zero attached hydrogens (tertiary/aromatic N) is 1. The molecule has 0 saturated carbocycles. The normalized spacial score (nSPS) is 12.7. The van der Waals surface area contributed by atoms with Crippen molar-refractivity contribution >= 4 is 0 Å². The molecule has 0 saturated heterocycles. The Balaban J connectivity index is 2.11. The van der Waals surface area contributed by atoms with Crippen molar-refractivity contribution in [3.8, 4) is 0 Å². The second-order valence-electron chi connectivity index (χ2n) is 3.38. The van der Waals surface area contributed by atoms with Crippen LogP contribution in [0, 0.1) is 5.82 Å². The van der Waals surface area contributed by atoms with Crippen molar-refractivity contribution in [3.05, 3.63) is 54.0 Å². The molecule has 78 valence electrons. The molecule has 0 fully saturated rings. The highest BCUT2D eigenvalue weighted by atomic mass is 19.1. The molecule has 0 aliphatic carbocycles. The highest BCUT2D eigenvalue weighted by Gasteiger charge is 2.08. The maximum absolute atomic E-state index is 12.9. The minimum absolute atomic E-state index is 0.259. The number of pyridine rings is 1. The lowest BCUT2D eigenvalue weighted by Crippen LogP contribution is -2.13. The van der Waals surface area contributed by atoms with Crippen molar-refractivity contribution in [1.82, 2.24) is 4.98 Å². The van der Waals surface area contributed by atoms with Crippen molar-refractivity contribution in [2.24, 2.45) is 5.73 Å². The van der Waals surface area contributed by atoms with Crippen LogP contribution in [-0.4, -0.2) is 4.98 Å². The Labute approximate surface area is 86.7 Å². The molecular formula is C11H11FN2O. The molecule has 2 aromatic heterocycles. The highest BCUT2D eigenvalue weighted by molar-refractivity contribution is 5.18. The van der Waals surface area contributed by atoms with Gasteiger partial charge < -0.3 is 10.2 Å². The summed E-state index contributed by atoms with van der Waals surface area (Å²) >= 11 is 0. The van der Waals surface area contributed by atoms with E-state index in [1.165, 1.54) is 6.07 Å². The van der Waals surface area contributed by atoms with Crippen molar-refractivity contribution in [3.63, 3.8) is 0 Å². The minimum atomic E-state index is -0.366. The largest absolute Gasteiger partial charge is 0.472 e. The lowest BCUT2D eigenvalue weighted by Gasteiger charge is -2.09. The topological polar surface area (TPSA) is 52.0 Å². The van der Waals surface area contributed by atoms with Gasteiger partial charge in [-0.3, -0.25) is 4.98 Å². The van der Waals surface area contributed by atoms with E-state index in [-0.39, 0.29) is 11.9 Å². The fraction of sp³-hybridized carbons (Fsp3) is 0.182. The Kier molecular flexibility index (Phi) is 2.78. The maximum Gasteiger partial charge on any atom is 0.141 e. The van der Waals surface area contributed by atoms with Gasteiger partial charge in [0.25, 0.3) is 0 Å². The van der Waals surface area contributed by atoms with E-state index in [9.17, 15) is 4.39 Å². The average molecular weight is 206 g/mol. The predicted octanol–water partition coefficient (Wildman–Crippen LogP) is 2.06. The summed E-state index contributed by atoms with van der Waals surface area (Å²) in [7, 11) is 0. The molecule has 15 heavy (non-hydrogen) atoms. The first-order valence-electron chi connectivity index (χ1n) is 4.63. The SMILES string of the molecule is NC(Cc1ccoc1)c1cncc(F)c1. The summed E-state index contributed by atoms with van der Waals surface area (Å²) in [5.41, 5.74) is 7.59. The number of rotatable bonds is 3. The van der Waals surface area contributed by atoms with Crippen molar-refractivity contribution < 1.29 is 8.81 Å². The molecule has 2 aromatic rings. The van der Waals surface area contributed by atoms with Crippen LogP contribution < -0.4 is 5.73 Å². The molecule has 4 heteroatoms. The zero-order valence-corrected chi connectivity index (χ0v) is 8.06. The number of aromatic nitrogens is 1. The minimum Gasteiger partial charge on any atom is -0.472 e. The zero-order chi connectivity index (χ0) is 10.7. The first kappa shape index (κ1) is 9.86. The number of nitrogens with two attached hydrogens (primary N) is 1. The Hall–Kier alpha value is -1.68. The van der Waals surface area contributed by atoms with Crippen LogP contribution in [0.25, 0.3) is 0 Å². The van der Waals surface area contributed by atoms with Gasteiger partial charge in [0.1, 0.15) is 5.82 Å². The van der Waals surface area contributed by atoms with E-state index in [4.69, 9.17) is 10.2 Å². The van der Waals surface area contributed by atoms with Crippen LogP contribution in [0.3, 0.4) is 0 Å². The van der Waals surface area contributed by atoms with E-state index in [0.717, 1.165) is 11.8 Å². The van der Waals surface area contributed by atoms with Gasteiger partial charge in [-0.15, -0.1) is 0 Å². The van der Waals surface area contributed by atoms with E-state index >= 15 is 0 Å². The van der Waals surface area contributed by atoms with Gasteiger partial charge in [0.2, 0.25) is 0 Å². The number of halogens is 1. The Morgan fingerprint density at radius 3 is 3.00 bits per heavy atom. The zero-order valence-electron chi connectivity index (χ0n) is 8.06. The van der Waals surface area contributed by atoms with Crippen molar-refractivity contribution in [2.75, 3.05) is 0 Å². The van der Waals surface area contributed by atoms with Crippen LogP contribution in [0.15, 0.2) is 41.5 Å². The number of hydrogen-bond acceptors (Lipinski definition) is 3. The first-order chi connectivity index (χ1) is 7.25. The molecule has 3 nitrogen and oxygen atoms in total. The molecule has 2 N–H and O–H groups in total. The molecule has 0 spiro atoms.